The number of ether oxygens (including phenoxy) is 1. The number of aliphatic hydroxyl groups excluding tert-OH is 1. The van der Waals surface area contributed by atoms with Gasteiger partial charge in [0, 0.05) is 0 Å². The minimum atomic E-state index is -0.621. The lowest BCUT2D eigenvalue weighted by atomic mass is 10.1. The predicted molar refractivity (Wildman–Crippen MR) is 61.0 cm³/mol. The van der Waals surface area contributed by atoms with E-state index in [0.717, 1.165) is 5.56 Å². The average Bonchev–Trinajstić information content (AvgIpc) is 2.25. The lowest BCUT2D eigenvalue weighted by molar-refractivity contribution is -0.124. The molecule has 0 aromatic heterocycles. The second-order valence-electron chi connectivity index (χ2n) is 3.67. The van der Waals surface area contributed by atoms with Gasteiger partial charge >= 0.3 is 0 Å². The molecule has 2 unspecified atom stereocenters. The first kappa shape index (κ1) is 12.5. The van der Waals surface area contributed by atoms with Crippen LogP contribution in [0.25, 0.3) is 0 Å². The number of carbonyl (C=O) groups is 1. The smallest absolute Gasteiger partial charge is 0.258 e. The van der Waals surface area contributed by atoms with E-state index in [4.69, 9.17) is 10.5 Å². The Kier molecular flexibility index (Phi) is 4.31. The summed E-state index contributed by atoms with van der Waals surface area (Å²) in [4.78, 5) is 11.0. The fraction of sp³-hybridized carbons (Fsp3) is 0.417. The molecule has 1 rings (SSSR count). The number of rotatable bonds is 5. The second kappa shape index (κ2) is 5.51. The predicted octanol–water partition coefficient (Wildman–Crippen LogP) is 1.38. The summed E-state index contributed by atoms with van der Waals surface area (Å²) in [5.41, 5.74) is 5.93. The summed E-state index contributed by atoms with van der Waals surface area (Å²) in [6, 6.07) is 7.00. The molecule has 4 heteroatoms. The molecular formula is C12H17NO3. The summed E-state index contributed by atoms with van der Waals surface area (Å²) < 4.78 is 5.43. The van der Waals surface area contributed by atoms with Crippen molar-refractivity contribution in [3.63, 3.8) is 0 Å². The highest BCUT2D eigenvalue weighted by molar-refractivity contribution is 5.79. The number of benzene rings is 1. The third-order valence-corrected chi connectivity index (χ3v) is 2.31. The fourth-order valence-electron chi connectivity index (χ4n) is 1.35. The summed E-state index contributed by atoms with van der Waals surface area (Å²) in [5, 5.41) is 9.40. The molecule has 1 aromatic carbocycles. The number of aliphatic hydroxyl groups is 1. The Morgan fingerprint density at radius 2 is 2.25 bits per heavy atom. The molecule has 1 amide bonds. The van der Waals surface area contributed by atoms with Crippen molar-refractivity contribution in [3.8, 4) is 5.75 Å². The van der Waals surface area contributed by atoms with Gasteiger partial charge in [-0.2, -0.15) is 0 Å². The molecule has 16 heavy (non-hydrogen) atoms. The Bertz CT molecular complexity index is 363. The standard InChI is InChI=1S/C12H17NO3/c1-3-11(12(13)15)16-10-6-4-5-9(7-10)8(2)14/h4-8,11,14H,3H2,1-2H3,(H2,13,15). The van der Waals surface area contributed by atoms with E-state index in [9.17, 15) is 9.90 Å². The number of hydrogen-bond donors (Lipinski definition) is 2. The van der Waals surface area contributed by atoms with Crippen LogP contribution in [-0.2, 0) is 4.79 Å². The van der Waals surface area contributed by atoms with Gasteiger partial charge in [-0.05, 0) is 31.0 Å². The molecule has 1 aromatic rings. The summed E-state index contributed by atoms with van der Waals surface area (Å²) in [5.74, 6) is 0.0639. The van der Waals surface area contributed by atoms with Crippen LogP contribution in [0.15, 0.2) is 24.3 Å². The molecule has 2 atom stereocenters. The molecule has 0 bridgehead atoms. The number of carbonyl (C=O) groups excluding carboxylic acids is 1. The third kappa shape index (κ3) is 3.24. The van der Waals surface area contributed by atoms with E-state index < -0.39 is 18.1 Å². The van der Waals surface area contributed by atoms with Crippen molar-refractivity contribution in [2.75, 3.05) is 0 Å². The van der Waals surface area contributed by atoms with Gasteiger partial charge in [0.2, 0.25) is 0 Å². The number of amides is 1. The first-order valence-corrected chi connectivity index (χ1v) is 5.28. The van der Waals surface area contributed by atoms with E-state index >= 15 is 0 Å². The van der Waals surface area contributed by atoms with Gasteiger partial charge in [0.25, 0.3) is 5.91 Å². The fourth-order valence-corrected chi connectivity index (χ4v) is 1.35. The van der Waals surface area contributed by atoms with Gasteiger partial charge < -0.3 is 15.6 Å². The SMILES string of the molecule is CCC(Oc1cccc(C(C)O)c1)C(N)=O. The zero-order valence-electron chi connectivity index (χ0n) is 9.51. The van der Waals surface area contributed by atoms with Crippen molar-refractivity contribution in [1.29, 1.82) is 0 Å². The van der Waals surface area contributed by atoms with Crippen molar-refractivity contribution in [2.24, 2.45) is 5.73 Å². The van der Waals surface area contributed by atoms with E-state index in [-0.39, 0.29) is 0 Å². The molecular weight excluding hydrogens is 206 g/mol. The van der Waals surface area contributed by atoms with Crippen molar-refractivity contribution < 1.29 is 14.6 Å². The topological polar surface area (TPSA) is 72.6 Å². The highest BCUT2D eigenvalue weighted by Crippen LogP contribution is 2.20. The van der Waals surface area contributed by atoms with Crippen molar-refractivity contribution in [3.05, 3.63) is 29.8 Å². The molecule has 0 fully saturated rings. The minimum absolute atomic E-state index is 0.482. The summed E-state index contributed by atoms with van der Waals surface area (Å²) in [6.07, 6.45) is -0.657. The van der Waals surface area contributed by atoms with E-state index in [1.807, 2.05) is 6.92 Å². The van der Waals surface area contributed by atoms with Crippen LogP contribution in [0, 0.1) is 0 Å². The minimum Gasteiger partial charge on any atom is -0.481 e. The van der Waals surface area contributed by atoms with Crippen LogP contribution in [-0.4, -0.2) is 17.1 Å². The molecule has 0 aliphatic carbocycles. The van der Waals surface area contributed by atoms with Gasteiger partial charge in [-0.3, -0.25) is 4.79 Å². The maximum atomic E-state index is 11.0. The van der Waals surface area contributed by atoms with Crippen LogP contribution in [0.3, 0.4) is 0 Å². The largest absolute Gasteiger partial charge is 0.481 e. The van der Waals surface area contributed by atoms with Crippen LogP contribution < -0.4 is 10.5 Å². The third-order valence-electron chi connectivity index (χ3n) is 2.31. The van der Waals surface area contributed by atoms with Crippen molar-refractivity contribution in [1.82, 2.24) is 0 Å². The highest BCUT2D eigenvalue weighted by atomic mass is 16.5. The molecule has 88 valence electrons. The zero-order valence-corrected chi connectivity index (χ0v) is 9.51. The molecule has 0 saturated heterocycles. The molecule has 0 aliphatic rings. The normalized spacial score (nSPS) is 14.2. The quantitative estimate of drug-likeness (QED) is 0.792. The molecule has 0 aliphatic heterocycles. The van der Waals surface area contributed by atoms with Crippen LogP contribution in [0.5, 0.6) is 5.75 Å². The molecule has 0 saturated carbocycles. The summed E-state index contributed by atoms with van der Waals surface area (Å²) >= 11 is 0. The molecule has 0 radical (unpaired) electrons. The van der Waals surface area contributed by atoms with Crippen LogP contribution in [0.1, 0.15) is 31.9 Å². The summed E-state index contributed by atoms with van der Waals surface area (Å²) in [7, 11) is 0. The van der Waals surface area contributed by atoms with E-state index in [1.165, 1.54) is 0 Å². The number of hydrogen-bond acceptors (Lipinski definition) is 3. The zero-order chi connectivity index (χ0) is 12.1. The van der Waals surface area contributed by atoms with E-state index in [2.05, 4.69) is 0 Å². The molecule has 3 N–H and O–H groups in total. The Balaban J connectivity index is 2.80. The van der Waals surface area contributed by atoms with Crippen LogP contribution in [0.4, 0.5) is 0 Å². The van der Waals surface area contributed by atoms with Gasteiger partial charge in [-0.1, -0.05) is 19.1 Å². The van der Waals surface area contributed by atoms with Crippen LogP contribution in [0.2, 0.25) is 0 Å². The van der Waals surface area contributed by atoms with Crippen LogP contribution >= 0.6 is 0 Å². The van der Waals surface area contributed by atoms with Crippen molar-refractivity contribution >= 4 is 5.91 Å². The van der Waals surface area contributed by atoms with Gasteiger partial charge in [0.1, 0.15) is 5.75 Å². The Morgan fingerprint density at radius 3 is 2.75 bits per heavy atom. The van der Waals surface area contributed by atoms with Gasteiger partial charge in [-0.15, -0.1) is 0 Å². The van der Waals surface area contributed by atoms with Crippen molar-refractivity contribution in [2.45, 2.75) is 32.5 Å². The first-order chi connectivity index (χ1) is 7.54. The number of nitrogens with two attached hydrogens (primary N) is 1. The average molecular weight is 223 g/mol. The van der Waals surface area contributed by atoms with E-state index in [1.54, 1.807) is 31.2 Å². The first-order valence-electron chi connectivity index (χ1n) is 5.28. The number of primary amides is 1. The monoisotopic (exact) mass is 223 g/mol. The van der Waals surface area contributed by atoms with Gasteiger partial charge in [0.15, 0.2) is 6.10 Å². The lowest BCUT2D eigenvalue weighted by Gasteiger charge is -2.15. The molecule has 4 nitrogen and oxygen atoms in total. The highest BCUT2D eigenvalue weighted by Gasteiger charge is 2.14. The van der Waals surface area contributed by atoms with Gasteiger partial charge in [0.05, 0.1) is 6.10 Å². The Morgan fingerprint density at radius 1 is 1.56 bits per heavy atom. The summed E-state index contributed by atoms with van der Waals surface area (Å²) in [6.45, 7) is 3.50. The molecule has 0 heterocycles. The Labute approximate surface area is 95.0 Å². The maximum absolute atomic E-state index is 11.0. The van der Waals surface area contributed by atoms with E-state index in [0.29, 0.717) is 12.2 Å². The Hall–Kier alpha value is -1.55. The van der Waals surface area contributed by atoms with Gasteiger partial charge in [-0.25, -0.2) is 0 Å². The maximum Gasteiger partial charge on any atom is 0.258 e. The second-order valence-corrected chi connectivity index (χ2v) is 3.67. The molecule has 0 spiro atoms. The lowest BCUT2D eigenvalue weighted by Crippen LogP contribution is -2.32.